The Morgan fingerprint density at radius 1 is 1.54 bits per heavy atom. The quantitative estimate of drug-likeness (QED) is 0.702. The average Bonchev–Trinajstić information content (AvgIpc) is 2.50. The van der Waals surface area contributed by atoms with E-state index in [0.29, 0.717) is 12.0 Å². The predicted octanol–water partition coefficient (Wildman–Crippen LogP) is 0.690. The van der Waals surface area contributed by atoms with Crippen molar-refractivity contribution in [3.05, 3.63) is 0 Å². The van der Waals surface area contributed by atoms with Gasteiger partial charge < -0.3 is 15.4 Å². The fourth-order valence-electron chi connectivity index (χ4n) is 1.66. The molecule has 1 aliphatic heterocycles. The highest BCUT2D eigenvalue weighted by molar-refractivity contribution is 4.81. The van der Waals surface area contributed by atoms with E-state index in [4.69, 9.17) is 10.5 Å². The zero-order valence-corrected chi connectivity index (χ0v) is 8.99. The molecule has 0 aromatic carbocycles. The van der Waals surface area contributed by atoms with Crippen LogP contribution in [0.1, 0.15) is 20.3 Å². The molecule has 0 aromatic heterocycles. The molecule has 3 heteroatoms. The normalized spacial score (nSPS) is 31.2. The van der Waals surface area contributed by atoms with E-state index in [2.05, 4.69) is 25.8 Å². The Hall–Kier alpha value is -0.120. The molecule has 3 nitrogen and oxygen atoms in total. The molecule has 1 saturated heterocycles. The van der Waals surface area contributed by atoms with Crippen molar-refractivity contribution in [2.24, 2.45) is 11.7 Å². The molecule has 1 rings (SSSR count). The third-order valence-corrected chi connectivity index (χ3v) is 3.11. The van der Waals surface area contributed by atoms with Crippen LogP contribution in [0.25, 0.3) is 0 Å². The van der Waals surface area contributed by atoms with Gasteiger partial charge in [0.1, 0.15) is 0 Å². The molecule has 78 valence electrons. The van der Waals surface area contributed by atoms with Crippen LogP contribution >= 0.6 is 0 Å². The van der Waals surface area contributed by atoms with Gasteiger partial charge in [-0.25, -0.2) is 0 Å². The Morgan fingerprint density at radius 2 is 2.23 bits per heavy atom. The summed E-state index contributed by atoms with van der Waals surface area (Å²) in [6, 6.07) is 0.888. The van der Waals surface area contributed by atoms with Crippen molar-refractivity contribution in [1.82, 2.24) is 4.90 Å². The smallest absolute Gasteiger partial charge is 0.0621 e. The number of rotatable bonds is 4. The number of ether oxygens (including phenoxy) is 1. The summed E-state index contributed by atoms with van der Waals surface area (Å²) >= 11 is 0. The van der Waals surface area contributed by atoms with E-state index in [0.717, 1.165) is 19.8 Å². The second-order valence-electron chi connectivity index (χ2n) is 4.16. The molecule has 0 spiro atoms. The number of hydrogen-bond donors (Lipinski definition) is 1. The standard InChI is InChI=1S/C10H22N2O/c1-4-8(2)12(3)5-9-6-13-7-10(9)11/h8-10H,4-7,11H2,1-3H3. The van der Waals surface area contributed by atoms with Gasteiger partial charge in [-0.2, -0.15) is 0 Å². The maximum atomic E-state index is 5.92. The van der Waals surface area contributed by atoms with Crippen molar-refractivity contribution in [3.8, 4) is 0 Å². The lowest BCUT2D eigenvalue weighted by atomic mass is 10.0. The van der Waals surface area contributed by atoms with E-state index < -0.39 is 0 Å². The Balaban J connectivity index is 2.30. The van der Waals surface area contributed by atoms with Crippen molar-refractivity contribution in [2.75, 3.05) is 26.8 Å². The highest BCUT2D eigenvalue weighted by atomic mass is 16.5. The topological polar surface area (TPSA) is 38.5 Å². The van der Waals surface area contributed by atoms with Crippen molar-refractivity contribution in [3.63, 3.8) is 0 Å². The first kappa shape index (κ1) is 11.0. The molecule has 0 amide bonds. The van der Waals surface area contributed by atoms with Gasteiger partial charge in [0.25, 0.3) is 0 Å². The van der Waals surface area contributed by atoms with Crippen LogP contribution in [0.3, 0.4) is 0 Å². The van der Waals surface area contributed by atoms with Crippen LogP contribution in [0.2, 0.25) is 0 Å². The first-order valence-corrected chi connectivity index (χ1v) is 5.18. The molecule has 1 heterocycles. The Morgan fingerprint density at radius 3 is 2.69 bits per heavy atom. The molecule has 3 unspecified atom stereocenters. The summed E-state index contributed by atoms with van der Waals surface area (Å²) in [6.07, 6.45) is 1.19. The lowest BCUT2D eigenvalue weighted by Gasteiger charge is -2.27. The van der Waals surface area contributed by atoms with Crippen molar-refractivity contribution >= 4 is 0 Å². The summed E-state index contributed by atoms with van der Waals surface area (Å²) in [7, 11) is 2.17. The van der Waals surface area contributed by atoms with E-state index >= 15 is 0 Å². The second kappa shape index (κ2) is 4.94. The Labute approximate surface area is 81.2 Å². The van der Waals surface area contributed by atoms with Gasteiger partial charge in [0, 0.05) is 24.5 Å². The van der Waals surface area contributed by atoms with Crippen molar-refractivity contribution in [1.29, 1.82) is 0 Å². The molecule has 0 saturated carbocycles. The summed E-state index contributed by atoms with van der Waals surface area (Å²) in [5.41, 5.74) is 5.92. The second-order valence-corrected chi connectivity index (χ2v) is 4.16. The van der Waals surface area contributed by atoms with E-state index in [-0.39, 0.29) is 6.04 Å². The van der Waals surface area contributed by atoms with Gasteiger partial charge >= 0.3 is 0 Å². The molecule has 0 bridgehead atoms. The molecule has 0 aromatic rings. The van der Waals surface area contributed by atoms with Gasteiger partial charge in [0.05, 0.1) is 13.2 Å². The average molecular weight is 186 g/mol. The molecular weight excluding hydrogens is 164 g/mol. The third kappa shape index (κ3) is 2.93. The first-order valence-electron chi connectivity index (χ1n) is 5.18. The van der Waals surface area contributed by atoms with Crippen molar-refractivity contribution in [2.45, 2.75) is 32.4 Å². The maximum Gasteiger partial charge on any atom is 0.0621 e. The van der Waals surface area contributed by atoms with Gasteiger partial charge in [-0.05, 0) is 20.4 Å². The predicted molar refractivity (Wildman–Crippen MR) is 54.7 cm³/mol. The molecule has 1 fully saturated rings. The van der Waals surface area contributed by atoms with E-state index in [1.54, 1.807) is 0 Å². The first-order chi connectivity index (χ1) is 6.15. The van der Waals surface area contributed by atoms with Crippen LogP contribution < -0.4 is 5.73 Å². The van der Waals surface area contributed by atoms with Crippen LogP contribution in [0.15, 0.2) is 0 Å². The maximum absolute atomic E-state index is 5.92. The molecule has 0 aliphatic carbocycles. The third-order valence-electron chi connectivity index (χ3n) is 3.11. The fourth-order valence-corrected chi connectivity index (χ4v) is 1.66. The largest absolute Gasteiger partial charge is 0.379 e. The summed E-state index contributed by atoms with van der Waals surface area (Å²) < 4.78 is 5.33. The summed E-state index contributed by atoms with van der Waals surface area (Å²) in [5, 5.41) is 0. The van der Waals surface area contributed by atoms with Crippen LogP contribution in [0.4, 0.5) is 0 Å². The fraction of sp³-hybridized carbons (Fsp3) is 1.00. The number of nitrogens with two attached hydrogens (primary N) is 1. The molecule has 1 aliphatic rings. The van der Waals surface area contributed by atoms with E-state index in [9.17, 15) is 0 Å². The van der Waals surface area contributed by atoms with E-state index in [1.165, 1.54) is 6.42 Å². The minimum atomic E-state index is 0.242. The molecule has 3 atom stereocenters. The zero-order valence-electron chi connectivity index (χ0n) is 8.99. The lowest BCUT2D eigenvalue weighted by molar-refractivity contribution is 0.162. The van der Waals surface area contributed by atoms with Crippen LogP contribution in [0.5, 0.6) is 0 Å². The monoisotopic (exact) mass is 186 g/mol. The van der Waals surface area contributed by atoms with Gasteiger partial charge in [-0.1, -0.05) is 6.92 Å². The van der Waals surface area contributed by atoms with Crippen LogP contribution in [0, 0.1) is 5.92 Å². The SMILES string of the molecule is CCC(C)N(C)CC1COCC1N. The lowest BCUT2D eigenvalue weighted by Crippen LogP contribution is -2.40. The van der Waals surface area contributed by atoms with Gasteiger partial charge in [0.15, 0.2) is 0 Å². The summed E-state index contributed by atoms with van der Waals surface area (Å²) in [4.78, 5) is 2.37. The van der Waals surface area contributed by atoms with E-state index in [1.807, 2.05) is 0 Å². The highest BCUT2D eigenvalue weighted by Crippen LogP contribution is 2.14. The molecule has 2 N–H and O–H groups in total. The minimum absolute atomic E-state index is 0.242. The summed E-state index contributed by atoms with van der Waals surface area (Å²) in [6.45, 7) is 7.10. The van der Waals surface area contributed by atoms with Gasteiger partial charge in [-0.15, -0.1) is 0 Å². The number of nitrogens with zero attached hydrogens (tertiary/aromatic N) is 1. The zero-order chi connectivity index (χ0) is 9.84. The molecule has 0 radical (unpaired) electrons. The van der Waals surface area contributed by atoms with Crippen molar-refractivity contribution < 1.29 is 4.74 Å². The summed E-state index contributed by atoms with van der Waals surface area (Å²) in [5.74, 6) is 0.527. The molecular formula is C10H22N2O. The van der Waals surface area contributed by atoms with Crippen LogP contribution in [-0.4, -0.2) is 43.8 Å². The molecule has 13 heavy (non-hydrogen) atoms. The Bertz CT molecular complexity index is 152. The minimum Gasteiger partial charge on any atom is -0.379 e. The Kier molecular flexibility index (Phi) is 4.16. The van der Waals surface area contributed by atoms with Crippen LogP contribution in [-0.2, 0) is 4.74 Å². The number of hydrogen-bond acceptors (Lipinski definition) is 3. The highest BCUT2D eigenvalue weighted by Gasteiger charge is 2.26. The van der Waals surface area contributed by atoms with Gasteiger partial charge in [0.2, 0.25) is 0 Å². The van der Waals surface area contributed by atoms with Gasteiger partial charge in [-0.3, -0.25) is 0 Å².